The summed E-state index contributed by atoms with van der Waals surface area (Å²) in [6.07, 6.45) is 2.02. The van der Waals surface area contributed by atoms with Gasteiger partial charge in [-0.15, -0.1) is 11.3 Å². The van der Waals surface area contributed by atoms with Gasteiger partial charge in [-0.25, -0.2) is 9.37 Å². The van der Waals surface area contributed by atoms with E-state index in [1.165, 1.54) is 22.4 Å². The summed E-state index contributed by atoms with van der Waals surface area (Å²) in [6, 6.07) is 20.4. The third-order valence-corrected chi connectivity index (χ3v) is 13.9. The number of Topliss-reactive ketones (excluding diaryl/α,β-unsaturated/α-hetero) is 2. The monoisotopic (exact) mass is 1000 g/mol. The lowest BCUT2D eigenvalue weighted by Crippen LogP contribution is -2.49. The van der Waals surface area contributed by atoms with Crippen LogP contribution in [-0.2, 0) is 39.9 Å². The molecule has 4 heterocycles. The summed E-state index contributed by atoms with van der Waals surface area (Å²) in [4.78, 5) is 101. The zero-order chi connectivity index (χ0) is 50.3. The molecule has 0 radical (unpaired) electrons. The van der Waals surface area contributed by atoms with Gasteiger partial charge in [0.05, 0.1) is 63.5 Å². The predicted molar refractivity (Wildman–Crippen MR) is 262 cm³/mol. The molecule has 2 saturated heterocycles. The van der Waals surface area contributed by atoms with Crippen LogP contribution in [0.4, 0.5) is 20.9 Å². The van der Waals surface area contributed by atoms with Gasteiger partial charge in [0.2, 0.25) is 17.7 Å². The largest absolute Gasteiger partial charge is 0.508 e. The molecule has 4 aliphatic rings. The Bertz CT molecular complexity index is 2870. The van der Waals surface area contributed by atoms with Crippen LogP contribution in [0.25, 0.3) is 11.1 Å². The normalized spacial score (nSPS) is 18.0. The molecule has 0 saturated carbocycles. The predicted octanol–water partition coefficient (Wildman–Crippen LogP) is 5.24. The number of carbonyl (C=O) groups is 7. The van der Waals surface area contributed by atoms with Crippen LogP contribution in [0.15, 0.2) is 90.4 Å². The number of aromatic nitrogens is 1. The van der Waals surface area contributed by atoms with E-state index in [9.17, 15) is 43.1 Å². The number of ketones is 2. The number of halogens is 1. The van der Waals surface area contributed by atoms with Gasteiger partial charge in [-0.3, -0.25) is 44.2 Å². The zero-order valence-corrected chi connectivity index (χ0v) is 39.9. The molecule has 0 bridgehead atoms. The number of nitrogens with one attached hydrogen (secondary N) is 3. The minimum atomic E-state index is -1.33. The summed E-state index contributed by atoms with van der Waals surface area (Å²) in [5.41, 5.74) is 4.75. The number of carbonyl (C=O) groups excluding carboxylic acids is 7. The minimum Gasteiger partial charge on any atom is -0.508 e. The van der Waals surface area contributed by atoms with Gasteiger partial charge in [0, 0.05) is 85.3 Å². The number of anilines is 3. The molecule has 9 rings (SSSR count). The maximum Gasteiger partial charge on any atom is 0.255 e. The number of thiazole rings is 1. The van der Waals surface area contributed by atoms with Gasteiger partial charge in [0.25, 0.3) is 11.8 Å². The fourth-order valence-electron chi connectivity index (χ4n) is 9.57. The molecule has 374 valence electrons. The lowest BCUT2D eigenvalue weighted by atomic mass is 9.82. The van der Waals surface area contributed by atoms with E-state index in [1.807, 2.05) is 41.3 Å². The first kappa shape index (κ1) is 49.6. The second kappa shape index (κ2) is 22.4. The summed E-state index contributed by atoms with van der Waals surface area (Å²) >= 11 is 1.19. The minimum absolute atomic E-state index is 0.0161. The van der Waals surface area contributed by atoms with E-state index in [1.54, 1.807) is 29.6 Å². The molecule has 20 heteroatoms. The molecule has 1 aromatic heterocycles. The number of amides is 5. The van der Waals surface area contributed by atoms with Crippen molar-refractivity contribution in [3.05, 3.63) is 124 Å². The number of piperidine rings is 1. The van der Waals surface area contributed by atoms with E-state index >= 15 is 0 Å². The van der Waals surface area contributed by atoms with E-state index in [0.717, 1.165) is 35.0 Å². The smallest absolute Gasteiger partial charge is 0.255 e. The van der Waals surface area contributed by atoms with Crippen molar-refractivity contribution in [2.75, 3.05) is 87.9 Å². The molecule has 3 unspecified atom stereocenters. The van der Waals surface area contributed by atoms with Crippen LogP contribution in [-0.4, -0.2) is 133 Å². The summed E-state index contributed by atoms with van der Waals surface area (Å²) in [5, 5.41) is 20.8. The summed E-state index contributed by atoms with van der Waals surface area (Å²) in [7, 11) is 0. The van der Waals surface area contributed by atoms with Crippen molar-refractivity contribution < 1.29 is 57.3 Å². The maximum atomic E-state index is 14.4. The van der Waals surface area contributed by atoms with Gasteiger partial charge >= 0.3 is 0 Å². The standard InChI is InChI=1S/C52H52FN7O11S/c53-34-8-12-41(61)39(29-34)46(50(67)57-52-55-16-27-72-52)60-30-33-5-4-32(28-38(33)51(60)68)31-6-9-35(10-7-31)58-17-19-59(20-18-58)43(63)14-21-69-23-25-71-26-24-70-22-15-54-40-3-1-2-36-44(40)48(65)45(47(36)64)37-11-13-42(62)56-49(37)66/h1-10,12,16,27-29,37,45-46,54,61H,11,13-15,17-26,30H2,(H,55,57,67)(H,56,62,66). The molecule has 18 nitrogen and oxygen atoms in total. The number of hydrogen-bond donors (Lipinski definition) is 4. The second-order valence-corrected chi connectivity index (χ2v) is 18.6. The number of fused-ring (bicyclic) bond motifs is 2. The van der Waals surface area contributed by atoms with Crippen molar-refractivity contribution in [3.63, 3.8) is 0 Å². The Kier molecular flexibility index (Phi) is 15.4. The van der Waals surface area contributed by atoms with Crippen molar-refractivity contribution in [1.82, 2.24) is 20.1 Å². The van der Waals surface area contributed by atoms with Crippen LogP contribution in [0, 0.1) is 17.7 Å². The zero-order valence-electron chi connectivity index (χ0n) is 39.1. The summed E-state index contributed by atoms with van der Waals surface area (Å²) in [6.45, 7) is 4.75. The molecule has 3 atom stereocenters. The van der Waals surface area contributed by atoms with E-state index < -0.39 is 58.9 Å². The molecular weight excluding hydrogens is 950 g/mol. The van der Waals surface area contributed by atoms with E-state index in [0.29, 0.717) is 87.7 Å². The van der Waals surface area contributed by atoms with Crippen LogP contribution in [0.3, 0.4) is 0 Å². The lowest BCUT2D eigenvalue weighted by Gasteiger charge is -2.36. The first-order chi connectivity index (χ1) is 34.9. The molecule has 2 fully saturated rings. The highest BCUT2D eigenvalue weighted by Gasteiger charge is 2.48. The van der Waals surface area contributed by atoms with Crippen LogP contribution in [0.1, 0.15) is 67.5 Å². The number of nitrogens with zero attached hydrogens (tertiary/aromatic N) is 4. The maximum absolute atomic E-state index is 14.4. The van der Waals surface area contributed by atoms with Gasteiger partial charge in [-0.1, -0.05) is 36.4 Å². The quantitative estimate of drug-likeness (QED) is 0.0445. The highest BCUT2D eigenvalue weighted by molar-refractivity contribution is 7.13. The Balaban J connectivity index is 0.655. The number of phenols is 1. The first-order valence-electron chi connectivity index (χ1n) is 23.7. The number of imide groups is 1. The van der Waals surface area contributed by atoms with Crippen molar-refractivity contribution in [3.8, 4) is 16.9 Å². The Morgan fingerprint density at radius 2 is 1.57 bits per heavy atom. The lowest BCUT2D eigenvalue weighted by molar-refractivity contribution is -0.137. The Morgan fingerprint density at radius 1 is 0.833 bits per heavy atom. The number of phenolic OH excluding ortho intramolecular Hbond substituents is 1. The highest BCUT2D eigenvalue weighted by atomic mass is 32.1. The van der Waals surface area contributed by atoms with Gasteiger partial charge in [0.15, 0.2) is 16.7 Å². The SMILES string of the molecule is O=C1CCC(C2C(=O)c3cccc(NCCOCCOCCOCCC(=O)N4CCN(c5ccc(-c6ccc7c(c6)C(=O)N(C(C(=O)Nc6nccs6)c6cc(F)ccc6O)C7)cc5)CC4)c3C2=O)C(=O)N1. The third-order valence-electron chi connectivity index (χ3n) is 13.2. The molecule has 72 heavy (non-hydrogen) atoms. The topological polar surface area (TPSA) is 226 Å². The van der Waals surface area contributed by atoms with Crippen LogP contribution in [0.5, 0.6) is 5.75 Å². The van der Waals surface area contributed by atoms with Gasteiger partial charge < -0.3 is 39.3 Å². The van der Waals surface area contributed by atoms with E-state index in [-0.39, 0.29) is 60.8 Å². The number of rotatable bonds is 20. The van der Waals surface area contributed by atoms with Crippen molar-refractivity contribution in [2.24, 2.45) is 11.8 Å². The summed E-state index contributed by atoms with van der Waals surface area (Å²) in [5.74, 6) is -5.84. The van der Waals surface area contributed by atoms with Crippen molar-refractivity contribution in [1.29, 1.82) is 0 Å². The molecule has 5 amide bonds. The molecule has 4 aromatic carbocycles. The fourth-order valence-corrected chi connectivity index (χ4v) is 10.1. The fraction of sp³-hybridized carbons (Fsp3) is 0.346. The molecule has 1 aliphatic carbocycles. The number of hydrogen-bond acceptors (Lipinski definition) is 15. The highest BCUT2D eigenvalue weighted by Crippen LogP contribution is 2.40. The molecular formula is C52H52FN7O11S. The number of ether oxygens (including phenoxy) is 3. The number of piperazine rings is 1. The Hall–Kier alpha value is -7.39. The van der Waals surface area contributed by atoms with Crippen LogP contribution >= 0.6 is 11.3 Å². The average Bonchev–Trinajstić information content (AvgIpc) is 4.09. The molecule has 0 spiro atoms. The van der Waals surface area contributed by atoms with Crippen LogP contribution < -0.4 is 20.9 Å². The van der Waals surface area contributed by atoms with Crippen LogP contribution in [0.2, 0.25) is 0 Å². The van der Waals surface area contributed by atoms with Crippen molar-refractivity contribution >= 4 is 68.9 Å². The van der Waals surface area contributed by atoms with Gasteiger partial charge in [-0.05, 0) is 65.6 Å². The second-order valence-electron chi connectivity index (χ2n) is 17.7. The summed E-state index contributed by atoms with van der Waals surface area (Å²) < 4.78 is 31.3. The first-order valence-corrected chi connectivity index (χ1v) is 24.6. The van der Waals surface area contributed by atoms with Crippen molar-refractivity contribution in [2.45, 2.75) is 31.8 Å². The van der Waals surface area contributed by atoms with Gasteiger partial charge in [-0.2, -0.15) is 0 Å². The number of benzene rings is 4. The molecule has 4 N–H and O–H groups in total. The van der Waals surface area contributed by atoms with E-state index in [4.69, 9.17) is 14.2 Å². The number of aromatic hydroxyl groups is 1. The molecule has 5 aromatic rings. The third kappa shape index (κ3) is 10.9. The Labute approximate surface area is 417 Å². The van der Waals surface area contributed by atoms with E-state index in [2.05, 4.69) is 25.8 Å². The average molecular weight is 1000 g/mol. The molecule has 3 aliphatic heterocycles. The Morgan fingerprint density at radius 3 is 2.31 bits per heavy atom. The van der Waals surface area contributed by atoms with Gasteiger partial charge in [0.1, 0.15) is 17.6 Å².